The van der Waals surface area contributed by atoms with Gasteiger partial charge in [0.15, 0.2) is 11.5 Å². The van der Waals surface area contributed by atoms with Crippen LogP contribution >= 0.6 is 0 Å². The fourth-order valence-electron chi connectivity index (χ4n) is 3.21. The Labute approximate surface area is 157 Å². The monoisotopic (exact) mass is 363 g/mol. The summed E-state index contributed by atoms with van der Waals surface area (Å²) < 4.78 is 12.6. The lowest BCUT2D eigenvalue weighted by Gasteiger charge is -2.08. The molecule has 2 aromatic carbocycles. The smallest absolute Gasteiger partial charge is 0.251 e. The van der Waals surface area contributed by atoms with Crippen molar-refractivity contribution in [3.8, 4) is 11.5 Å². The van der Waals surface area contributed by atoms with Crippen molar-refractivity contribution in [2.24, 2.45) is 0 Å². The second kappa shape index (κ2) is 7.15. The fourth-order valence-corrected chi connectivity index (χ4v) is 3.21. The number of benzene rings is 2. The molecule has 3 aromatic rings. The van der Waals surface area contributed by atoms with E-state index in [1.54, 1.807) is 18.2 Å². The average Bonchev–Trinajstić information content (AvgIpc) is 3.25. The summed E-state index contributed by atoms with van der Waals surface area (Å²) >= 11 is 0. The molecule has 0 atom stereocenters. The number of amides is 1. The molecule has 0 aliphatic carbocycles. The Hall–Kier alpha value is -3.28. The highest BCUT2D eigenvalue weighted by Crippen LogP contribution is 2.32. The number of carbonyl (C=O) groups is 1. The van der Waals surface area contributed by atoms with Crippen LogP contribution in [0.3, 0.4) is 0 Å². The molecule has 27 heavy (non-hydrogen) atoms. The predicted octanol–water partition coefficient (Wildman–Crippen LogP) is 3.21. The molecule has 0 radical (unpaired) electrons. The van der Waals surface area contributed by atoms with Gasteiger partial charge in [0.05, 0.1) is 12.2 Å². The largest absolute Gasteiger partial charge is 0.454 e. The fraction of sp³-hybridized carbons (Fsp3) is 0.238. The second-order valence-electron chi connectivity index (χ2n) is 6.54. The number of rotatable bonds is 5. The molecule has 1 aliphatic rings. The molecule has 6 heteroatoms. The molecule has 138 valence electrons. The number of aryl methyl sites for hydroxylation is 1. The number of aromatic nitrogens is 2. The number of nitrogens with zero attached hydrogens (tertiary/aromatic N) is 2. The third-order valence-electron chi connectivity index (χ3n) is 4.77. The van der Waals surface area contributed by atoms with E-state index in [0.717, 1.165) is 17.0 Å². The number of hydrogen-bond acceptors (Lipinski definition) is 4. The number of carbonyl (C=O) groups excluding carboxylic acids is 1. The van der Waals surface area contributed by atoms with Gasteiger partial charge in [-0.15, -0.1) is 0 Å². The van der Waals surface area contributed by atoms with Gasteiger partial charge in [0.2, 0.25) is 6.79 Å². The van der Waals surface area contributed by atoms with Crippen molar-refractivity contribution in [2.75, 3.05) is 6.79 Å². The zero-order valence-electron chi connectivity index (χ0n) is 15.4. The van der Waals surface area contributed by atoms with E-state index in [-0.39, 0.29) is 12.7 Å². The molecule has 0 saturated heterocycles. The minimum absolute atomic E-state index is 0.150. The summed E-state index contributed by atoms with van der Waals surface area (Å²) in [6, 6.07) is 15.4. The van der Waals surface area contributed by atoms with E-state index in [1.807, 2.05) is 36.7 Å². The molecule has 2 heterocycles. The van der Waals surface area contributed by atoms with Gasteiger partial charge < -0.3 is 14.8 Å². The third-order valence-corrected chi connectivity index (χ3v) is 4.77. The van der Waals surface area contributed by atoms with Crippen molar-refractivity contribution >= 4 is 5.91 Å². The molecule has 1 aromatic heterocycles. The standard InChI is InChI=1S/C21H21N3O3/c1-14-18(15(2)24(23-14)12-16-6-4-3-5-7-16)11-22-21(25)17-8-9-19-20(10-17)27-13-26-19/h3-10H,11-13H2,1-2H3,(H,22,25). The van der Waals surface area contributed by atoms with Crippen molar-refractivity contribution in [3.63, 3.8) is 0 Å². The van der Waals surface area contributed by atoms with E-state index in [9.17, 15) is 4.79 Å². The Kier molecular flexibility index (Phi) is 4.54. The average molecular weight is 363 g/mol. The van der Waals surface area contributed by atoms with Crippen molar-refractivity contribution in [1.82, 2.24) is 15.1 Å². The normalized spacial score (nSPS) is 12.2. The molecule has 4 rings (SSSR count). The third kappa shape index (κ3) is 3.51. The van der Waals surface area contributed by atoms with Crippen LogP contribution in [0.2, 0.25) is 0 Å². The molecule has 0 bridgehead atoms. The van der Waals surface area contributed by atoms with E-state index in [4.69, 9.17) is 9.47 Å². The summed E-state index contributed by atoms with van der Waals surface area (Å²) in [6.07, 6.45) is 0. The molecule has 0 fully saturated rings. The van der Waals surface area contributed by atoms with Gasteiger partial charge in [0.25, 0.3) is 5.91 Å². The van der Waals surface area contributed by atoms with Crippen LogP contribution in [0.1, 0.15) is 32.9 Å². The van der Waals surface area contributed by atoms with Gasteiger partial charge in [-0.3, -0.25) is 9.48 Å². The highest BCUT2D eigenvalue weighted by molar-refractivity contribution is 5.94. The molecule has 6 nitrogen and oxygen atoms in total. The van der Waals surface area contributed by atoms with E-state index in [1.165, 1.54) is 5.56 Å². The first-order chi connectivity index (χ1) is 13.1. The van der Waals surface area contributed by atoms with Crippen molar-refractivity contribution in [1.29, 1.82) is 0 Å². The maximum atomic E-state index is 12.5. The van der Waals surface area contributed by atoms with Crippen molar-refractivity contribution in [3.05, 3.63) is 76.6 Å². The molecular formula is C21H21N3O3. The lowest BCUT2D eigenvalue weighted by atomic mass is 10.1. The second-order valence-corrected chi connectivity index (χ2v) is 6.54. The zero-order valence-corrected chi connectivity index (χ0v) is 15.4. The number of nitrogens with one attached hydrogen (secondary N) is 1. The van der Waals surface area contributed by atoms with E-state index in [0.29, 0.717) is 30.2 Å². The Morgan fingerprint density at radius 1 is 1.11 bits per heavy atom. The number of fused-ring (bicyclic) bond motifs is 1. The minimum atomic E-state index is -0.150. The van der Waals surface area contributed by atoms with Crippen LogP contribution in [0.5, 0.6) is 11.5 Å². The van der Waals surface area contributed by atoms with Crippen molar-refractivity contribution < 1.29 is 14.3 Å². The predicted molar refractivity (Wildman–Crippen MR) is 101 cm³/mol. The number of ether oxygens (including phenoxy) is 2. The van der Waals surface area contributed by atoms with E-state index >= 15 is 0 Å². The lowest BCUT2D eigenvalue weighted by molar-refractivity contribution is 0.0950. The Morgan fingerprint density at radius 2 is 1.89 bits per heavy atom. The van der Waals surface area contributed by atoms with Gasteiger partial charge in [0.1, 0.15) is 0 Å². The van der Waals surface area contributed by atoms with Gasteiger partial charge in [-0.25, -0.2) is 0 Å². The highest BCUT2D eigenvalue weighted by Gasteiger charge is 2.17. The first-order valence-electron chi connectivity index (χ1n) is 8.86. The van der Waals surface area contributed by atoms with Crippen LogP contribution in [0.15, 0.2) is 48.5 Å². The van der Waals surface area contributed by atoms with Crippen LogP contribution in [0.25, 0.3) is 0 Å². The van der Waals surface area contributed by atoms with Crippen LogP contribution in [0.4, 0.5) is 0 Å². The van der Waals surface area contributed by atoms with Gasteiger partial charge in [-0.05, 0) is 37.6 Å². The summed E-state index contributed by atoms with van der Waals surface area (Å²) in [7, 11) is 0. The van der Waals surface area contributed by atoms with Crippen LogP contribution in [0, 0.1) is 13.8 Å². The first-order valence-corrected chi connectivity index (χ1v) is 8.86. The minimum Gasteiger partial charge on any atom is -0.454 e. The summed E-state index contributed by atoms with van der Waals surface area (Å²) in [5.74, 6) is 1.12. The Morgan fingerprint density at radius 3 is 2.70 bits per heavy atom. The molecule has 0 spiro atoms. The molecule has 1 N–H and O–H groups in total. The van der Waals surface area contributed by atoms with Crippen LogP contribution < -0.4 is 14.8 Å². The van der Waals surface area contributed by atoms with Crippen molar-refractivity contribution in [2.45, 2.75) is 26.9 Å². The molecule has 1 amide bonds. The molecule has 0 unspecified atom stereocenters. The van der Waals surface area contributed by atoms with Crippen LogP contribution in [-0.4, -0.2) is 22.5 Å². The Balaban J connectivity index is 1.46. The summed E-state index contributed by atoms with van der Waals surface area (Å²) in [6.45, 7) is 5.34. The van der Waals surface area contributed by atoms with E-state index < -0.39 is 0 Å². The van der Waals surface area contributed by atoms with Gasteiger partial charge in [-0.2, -0.15) is 5.10 Å². The first kappa shape index (κ1) is 17.1. The van der Waals surface area contributed by atoms with Crippen LogP contribution in [-0.2, 0) is 13.1 Å². The molecular weight excluding hydrogens is 342 g/mol. The topological polar surface area (TPSA) is 65.4 Å². The lowest BCUT2D eigenvalue weighted by Crippen LogP contribution is -2.23. The van der Waals surface area contributed by atoms with Gasteiger partial charge >= 0.3 is 0 Å². The maximum absolute atomic E-state index is 12.5. The van der Waals surface area contributed by atoms with Gasteiger partial charge in [-0.1, -0.05) is 30.3 Å². The quantitative estimate of drug-likeness (QED) is 0.756. The summed E-state index contributed by atoms with van der Waals surface area (Å²) in [5.41, 5.74) is 4.77. The van der Waals surface area contributed by atoms with Gasteiger partial charge in [0, 0.05) is 23.4 Å². The SMILES string of the molecule is Cc1nn(Cc2ccccc2)c(C)c1CNC(=O)c1ccc2c(c1)OCO2. The molecule has 0 saturated carbocycles. The highest BCUT2D eigenvalue weighted by atomic mass is 16.7. The zero-order chi connectivity index (χ0) is 18.8. The summed E-state index contributed by atoms with van der Waals surface area (Å²) in [5, 5.41) is 7.61. The number of hydrogen-bond donors (Lipinski definition) is 1. The Bertz CT molecular complexity index is 980. The molecule has 1 aliphatic heterocycles. The summed E-state index contributed by atoms with van der Waals surface area (Å²) in [4.78, 5) is 12.5. The maximum Gasteiger partial charge on any atom is 0.251 e. The van der Waals surface area contributed by atoms with E-state index in [2.05, 4.69) is 22.5 Å².